The molecule has 0 spiro atoms. The zero-order chi connectivity index (χ0) is 14.6. The standard InChI is InChI=1S/C13H24N2O4/c1-8-4-5-9(2)15(8)10(3)12(17)14-11(6-7-16)13(18)19/h8-11,16H,4-7H2,1-3H3,(H,14,17)(H,18,19)/t8?,9?,10?,11-/m1/s1. The highest BCUT2D eigenvalue weighted by Crippen LogP contribution is 2.25. The largest absolute Gasteiger partial charge is 0.480 e. The Balaban J connectivity index is 2.63. The van der Waals surface area contributed by atoms with Gasteiger partial charge in [-0.1, -0.05) is 0 Å². The molecule has 1 aliphatic rings. The van der Waals surface area contributed by atoms with Crippen LogP contribution in [0.25, 0.3) is 0 Å². The van der Waals surface area contributed by atoms with E-state index in [9.17, 15) is 9.59 Å². The van der Waals surface area contributed by atoms with Gasteiger partial charge in [-0.2, -0.15) is 0 Å². The molecule has 4 atom stereocenters. The van der Waals surface area contributed by atoms with Crippen molar-refractivity contribution in [3.8, 4) is 0 Å². The van der Waals surface area contributed by atoms with E-state index < -0.39 is 12.0 Å². The third-order valence-electron chi connectivity index (χ3n) is 3.88. The molecule has 6 nitrogen and oxygen atoms in total. The van der Waals surface area contributed by atoms with Gasteiger partial charge in [0.2, 0.25) is 5.91 Å². The summed E-state index contributed by atoms with van der Waals surface area (Å²) in [5, 5.41) is 20.3. The summed E-state index contributed by atoms with van der Waals surface area (Å²) >= 11 is 0. The summed E-state index contributed by atoms with van der Waals surface area (Å²) in [6, 6.07) is -0.713. The first kappa shape index (κ1) is 15.9. The molecule has 3 N–H and O–H groups in total. The molecule has 1 saturated heterocycles. The number of likely N-dealkylation sites (tertiary alicyclic amines) is 1. The van der Waals surface area contributed by atoms with Crippen LogP contribution in [0.1, 0.15) is 40.0 Å². The maximum absolute atomic E-state index is 12.1. The lowest BCUT2D eigenvalue weighted by Crippen LogP contribution is -2.53. The van der Waals surface area contributed by atoms with Crippen molar-refractivity contribution in [3.63, 3.8) is 0 Å². The smallest absolute Gasteiger partial charge is 0.326 e. The zero-order valence-corrected chi connectivity index (χ0v) is 11.8. The van der Waals surface area contributed by atoms with Gasteiger partial charge in [0.25, 0.3) is 0 Å². The first-order valence-corrected chi connectivity index (χ1v) is 6.80. The summed E-state index contributed by atoms with van der Waals surface area (Å²) in [4.78, 5) is 25.2. The molecule has 0 saturated carbocycles. The number of carboxylic acids is 1. The lowest BCUT2D eigenvalue weighted by atomic mass is 10.1. The van der Waals surface area contributed by atoms with Gasteiger partial charge in [0.1, 0.15) is 6.04 Å². The average molecular weight is 272 g/mol. The molecule has 0 bridgehead atoms. The molecular weight excluding hydrogens is 248 g/mol. The predicted molar refractivity (Wildman–Crippen MR) is 70.7 cm³/mol. The fraction of sp³-hybridized carbons (Fsp3) is 0.846. The van der Waals surface area contributed by atoms with Gasteiger partial charge in [0.15, 0.2) is 0 Å². The number of aliphatic hydroxyl groups excluding tert-OH is 1. The SMILES string of the molecule is CC1CCC(C)N1C(C)C(=O)N[C@H](CCO)C(=O)O. The number of amides is 1. The van der Waals surface area contributed by atoms with Crippen LogP contribution in [0.5, 0.6) is 0 Å². The first-order chi connectivity index (χ1) is 8.88. The quantitative estimate of drug-likeness (QED) is 0.642. The maximum Gasteiger partial charge on any atom is 0.326 e. The summed E-state index contributed by atoms with van der Waals surface area (Å²) < 4.78 is 0. The first-order valence-electron chi connectivity index (χ1n) is 6.80. The molecule has 1 rings (SSSR count). The lowest BCUT2D eigenvalue weighted by Gasteiger charge is -2.32. The predicted octanol–water partition coefficient (Wildman–Crippen LogP) is 0.200. The van der Waals surface area contributed by atoms with Crippen LogP contribution in [-0.4, -0.2) is 57.8 Å². The summed E-state index contributed by atoms with van der Waals surface area (Å²) in [5.41, 5.74) is 0. The van der Waals surface area contributed by atoms with Crippen molar-refractivity contribution in [2.75, 3.05) is 6.61 Å². The molecule has 0 aliphatic carbocycles. The third-order valence-corrected chi connectivity index (χ3v) is 3.88. The van der Waals surface area contributed by atoms with E-state index in [1.807, 2.05) is 0 Å². The summed E-state index contributed by atoms with van der Waals surface area (Å²) in [7, 11) is 0. The van der Waals surface area contributed by atoms with Gasteiger partial charge in [-0.3, -0.25) is 9.69 Å². The van der Waals surface area contributed by atoms with E-state index in [1.165, 1.54) is 0 Å². The fourth-order valence-corrected chi connectivity index (χ4v) is 2.79. The van der Waals surface area contributed by atoms with E-state index >= 15 is 0 Å². The number of nitrogens with zero attached hydrogens (tertiary/aromatic N) is 1. The molecule has 1 amide bonds. The molecule has 0 aromatic carbocycles. The summed E-state index contributed by atoms with van der Waals surface area (Å²) in [5.74, 6) is -1.40. The molecule has 1 fully saturated rings. The van der Waals surface area contributed by atoms with Gasteiger partial charge in [0.05, 0.1) is 6.04 Å². The van der Waals surface area contributed by atoms with Crippen LogP contribution in [-0.2, 0) is 9.59 Å². The number of carbonyl (C=O) groups excluding carboxylic acids is 1. The lowest BCUT2D eigenvalue weighted by molar-refractivity contribution is -0.143. The van der Waals surface area contributed by atoms with Crippen molar-refractivity contribution in [2.45, 2.75) is 64.2 Å². The molecular formula is C13H24N2O4. The van der Waals surface area contributed by atoms with Gasteiger partial charge in [0, 0.05) is 25.1 Å². The molecule has 1 aliphatic heterocycles. The topological polar surface area (TPSA) is 89.9 Å². The van der Waals surface area contributed by atoms with Gasteiger partial charge in [-0.25, -0.2) is 4.79 Å². The number of carbonyl (C=O) groups is 2. The number of aliphatic carboxylic acids is 1. The van der Waals surface area contributed by atoms with Crippen LogP contribution < -0.4 is 5.32 Å². The van der Waals surface area contributed by atoms with Crippen molar-refractivity contribution < 1.29 is 19.8 Å². The Morgan fingerprint density at radius 1 is 1.32 bits per heavy atom. The van der Waals surface area contributed by atoms with E-state index in [1.54, 1.807) is 6.92 Å². The minimum atomic E-state index is -1.11. The number of nitrogens with one attached hydrogen (secondary N) is 1. The van der Waals surface area contributed by atoms with Gasteiger partial charge < -0.3 is 15.5 Å². The Hall–Kier alpha value is -1.14. The van der Waals surface area contributed by atoms with Crippen molar-refractivity contribution in [1.82, 2.24) is 10.2 Å². The number of rotatable bonds is 6. The van der Waals surface area contributed by atoms with Crippen molar-refractivity contribution in [2.24, 2.45) is 0 Å². The second-order valence-corrected chi connectivity index (χ2v) is 5.31. The summed E-state index contributed by atoms with van der Waals surface area (Å²) in [6.07, 6.45) is 2.13. The molecule has 0 aromatic rings. The molecule has 1 heterocycles. The highest BCUT2D eigenvalue weighted by atomic mass is 16.4. The van der Waals surface area contributed by atoms with E-state index in [0.717, 1.165) is 12.8 Å². The van der Waals surface area contributed by atoms with Gasteiger partial charge in [-0.15, -0.1) is 0 Å². The monoisotopic (exact) mass is 272 g/mol. The Labute approximate surface area is 113 Å². The van der Waals surface area contributed by atoms with Crippen molar-refractivity contribution in [1.29, 1.82) is 0 Å². The second-order valence-electron chi connectivity index (χ2n) is 5.31. The maximum atomic E-state index is 12.1. The highest BCUT2D eigenvalue weighted by molar-refractivity contribution is 5.86. The van der Waals surface area contributed by atoms with Crippen LogP contribution in [0, 0.1) is 0 Å². The summed E-state index contributed by atoms with van der Waals surface area (Å²) in [6.45, 7) is 5.69. The van der Waals surface area contributed by atoms with Crippen molar-refractivity contribution in [3.05, 3.63) is 0 Å². The highest BCUT2D eigenvalue weighted by Gasteiger charge is 2.35. The molecule has 19 heavy (non-hydrogen) atoms. The van der Waals surface area contributed by atoms with Crippen LogP contribution in [0.3, 0.4) is 0 Å². The van der Waals surface area contributed by atoms with Crippen LogP contribution in [0.15, 0.2) is 0 Å². The molecule has 110 valence electrons. The van der Waals surface area contributed by atoms with Crippen LogP contribution >= 0.6 is 0 Å². The fourth-order valence-electron chi connectivity index (χ4n) is 2.79. The Bertz CT molecular complexity index is 325. The van der Waals surface area contributed by atoms with Gasteiger partial charge >= 0.3 is 5.97 Å². The zero-order valence-electron chi connectivity index (χ0n) is 11.8. The number of carboxylic acid groups (broad SMARTS) is 1. The molecule has 0 aromatic heterocycles. The molecule has 0 radical (unpaired) electrons. The van der Waals surface area contributed by atoms with E-state index in [2.05, 4.69) is 24.1 Å². The van der Waals surface area contributed by atoms with E-state index in [-0.39, 0.29) is 25.0 Å². The average Bonchev–Trinajstić information content (AvgIpc) is 2.67. The Kier molecular flexibility index (Phi) is 5.75. The minimum Gasteiger partial charge on any atom is -0.480 e. The van der Waals surface area contributed by atoms with E-state index in [4.69, 9.17) is 10.2 Å². The third kappa shape index (κ3) is 3.91. The number of hydrogen-bond acceptors (Lipinski definition) is 4. The second kappa shape index (κ2) is 6.86. The van der Waals surface area contributed by atoms with Crippen molar-refractivity contribution >= 4 is 11.9 Å². The van der Waals surface area contributed by atoms with Crippen LogP contribution in [0.4, 0.5) is 0 Å². The van der Waals surface area contributed by atoms with E-state index in [0.29, 0.717) is 12.1 Å². The molecule has 3 unspecified atom stereocenters. The minimum absolute atomic E-state index is 0.0267. The van der Waals surface area contributed by atoms with Gasteiger partial charge in [-0.05, 0) is 33.6 Å². The Morgan fingerprint density at radius 3 is 2.26 bits per heavy atom. The van der Waals surface area contributed by atoms with Crippen LogP contribution in [0.2, 0.25) is 0 Å². The molecule has 6 heteroatoms. The Morgan fingerprint density at radius 2 is 1.84 bits per heavy atom. The normalized spacial score (nSPS) is 26.9. The number of aliphatic hydroxyl groups is 1. The number of hydrogen-bond donors (Lipinski definition) is 3.